The molecule has 4 aromatic heterocycles. The predicted octanol–water partition coefficient (Wildman–Crippen LogP) is 12.0. The molecule has 0 radical (unpaired) electrons. The minimum atomic E-state index is 0.587. The fourth-order valence-corrected chi connectivity index (χ4v) is 7.70. The van der Waals surface area contributed by atoms with Crippen LogP contribution in [0.3, 0.4) is 0 Å². The average Bonchev–Trinajstić information content (AvgIpc) is 3.79. The zero-order valence-corrected chi connectivity index (χ0v) is 27.6. The third-order valence-corrected chi connectivity index (χ3v) is 10.0. The molecular weight excluding hydrogens is 641 g/mol. The number of benzene rings is 7. The highest BCUT2D eigenvalue weighted by Crippen LogP contribution is 2.42. The summed E-state index contributed by atoms with van der Waals surface area (Å²) in [7, 11) is 0. The third-order valence-electron chi connectivity index (χ3n) is 10.0. The second-order valence-electron chi connectivity index (χ2n) is 13.0. The number of nitrogens with zero attached hydrogens (tertiary/aromatic N) is 4. The summed E-state index contributed by atoms with van der Waals surface area (Å²) in [6.45, 7) is 0. The molecule has 0 bridgehead atoms. The molecule has 0 N–H and O–H groups in total. The van der Waals surface area contributed by atoms with Crippen LogP contribution in [-0.4, -0.2) is 19.9 Å². The Kier molecular flexibility index (Phi) is 6.15. The van der Waals surface area contributed by atoms with Crippen molar-refractivity contribution in [3.8, 4) is 45.3 Å². The second-order valence-corrected chi connectivity index (χ2v) is 13.0. The molecule has 242 valence electrons. The Morgan fingerprint density at radius 1 is 0.365 bits per heavy atom. The van der Waals surface area contributed by atoms with E-state index in [1.54, 1.807) is 6.20 Å². The first-order chi connectivity index (χ1) is 25.8. The fraction of sp³-hybridized carbons (Fsp3) is 0. The molecule has 52 heavy (non-hydrogen) atoms. The van der Waals surface area contributed by atoms with Crippen molar-refractivity contribution in [3.05, 3.63) is 158 Å². The number of aromatic nitrogens is 4. The van der Waals surface area contributed by atoms with Crippen molar-refractivity contribution in [1.82, 2.24) is 19.9 Å². The van der Waals surface area contributed by atoms with Gasteiger partial charge in [0.25, 0.3) is 0 Å². The second kappa shape index (κ2) is 11.2. The topological polar surface area (TPSA) is 77.8 Å². The number of para-hydroxylation sites is 1. The number of furan rings is 2. The standard InChI is InChI=1S/C46H26N4O2/c1-2-11-28(12-3-1)43-48-44(50-45(49-43)37-20-9-23-39-41(37)36-14-4-5-22-38(36)51-39)34-19-8-15-29-30(16-7-17-31(29)34)32-18-6-13-27-24-25-33-35-21-10-26-47-46(35)52-42(33)40(27)32/h1-26H. The molecule has 0 aliphatic heterocycles. The average molecular weight is 667 g/mol. The van der Waals surface area contributed by atoms with E-state index in [0.29, 0.717) is 23.2 Å². The van der Waals surface area contributed by atoms with Crippen molar-refractivity contribution < 1.29 is 8.83 Å². The molecule has 0 saturated carbocycles. The maximum Gasteiger partial charge on any atom is 0.227 e. The lowest BCUT2D eigenvalue weighted by molar-refractivity contribution is 0.657. The van der Waals surface area contributed by atoms with Gasteiger partial charge in [0.05, 0.1) is 0 Å². The quantitative estimate of drug-likeness (QED) is 0.186. The van der Waals surface area contributed by atoms with Crippen molar-refractivity contribution >= 4 is 65.6 Å². The number of rotatable bonds is 4. The van der Waals surface area contributed by atoms with Gasteiger partial charge in [-0.05, 0) is 57.6 Å². The lowest BCUT2D eigenvalue weighted by Crippen LogP contribution is -2.01. The summed E-state index contributed by atoms with van der Waals surface area (Å²) in [6, 6.07) is 51.8. The molecule has 7 aromatic carbocycles. The van der Waals surface area contributed by atoms with Gasteiger partial charge in [0, 0.05) is 49.8 Å². The van der Waals surface area contributed by atoms with Crippen LogP contribution >= 0.6 is 0 Å². The zero-order chi connectivity index (χ0) is 34.2. The summed E-state index contributed by atoms with van der Waals surface area (Å²) in [6.07, 6.45) is 1.77. The monoisotopic (exact) mass is 666 g/mol. The molecule has 4 heterocycles. The Morgan fingerprint density at radius 3 is 1.92 bits per heavy atom. The van der Waals surface area contributed by atoms with E-state index in [-0.39, 0.29) is 0 Å². The fourth-order valence-electron chi connectivity index (χ4n) is 7.70. The van der Waals surface area contributed by atoms with Crippen LogP contribution in [0.5, 0.6) is 0 Å². The molecule has 0 unspecified atom stereocenters. The Balaban J connectivity index is 1.16. The predicted molar refractivity (Wildman–Crippen MR) is 209 cm³/mol. The van der Waals surface area contributed by atoms with Gasteiger partial charge in [-0.25, -0.2) is 19.9 Å². The van der Waals surface area contributed by atoms with Gasteiger partial charge in [-0.2, -0.15) is 0 Å². The summed E-state index contributed by atoms with van der Waals surface area (Å²) < 4.78 is 12.7. The van der Waals surface area contributed by atoms with Crippen molar-refractivity contribution in [1.29, 1.82) is 0 Å². The summed E-state index contributed by atoms with van der Waals surface area (Å²) in [5.74, 6) is 1.79. The molecule has 6 nitrogen and oxygen atoms in total. The van der Waals surface area contributed by atoms with E-state index in [9.17, 15) is 0 Å². The number of pyridine rings is 1. The van der Waals surface area contributed by atoms with E-state index in [4.69, 9.17) is 23.8 Å². The Morgan fingerprint density at radius 2 is 1.02 bits per heavy atom. The lowest BCUT2D eigenvalue weighted by atomic mass is 9.91. The van der Waals surface area contributed by atoms with Crippen molar-refractivity contribution in [2.24, 2.45) is 0 Å². The van der Waals surface area contributed by atoms with Crippen LogP contribution in [0.15, 0.2) is 167 Å². The Labute approximate surface area is 296 Å². The first-order valence-electron chi connectivity index (χ1n) is 17.2. The van der Waals surface area contributed by atoms with Crippen molar-refractivity contribution in [2.75, 3.05) is 0 Å². The lowest BCUT2D eigenvalue weighted by Gasteiger charge is -2.14. The molecule has 0 atom stereocenters. The summed E-state index contributed by atoms with van der Waals surface area (Å²) >= 11 is 0. The Bertz CT molecular complexity index is 3200. The third kappa shape index (κ3) is 4.31. The van der Waals surface area contributed by atoms with Gasteiger partial charge in [-0.15, -0.1) is 0 Å². The maximum absolute atomic E-state index is 6.45. The van der Waals surface area contributed by atoms with E-state index in [1.807, 2.05) is 66.7 Å². The van der Waals surface area contributed by atoms with E-state index in [0.717, 1.165) is 87.7 Å². The molecule has 0 aliphatic rings. The smallest absolute Gasteiger partial charge is 0.227 e. The summed E-state index contributed by atoms with van der Waals surface area (Å²) in [5.41, 5.74) is 8.01. The minimum Gasteiger partial charge on any atom is -0.456 e. The molecule has 11 rings (SSSR count). The zero-order valence-electron chi connectivity index (χ0n) is 27.6. The number of hydrogen-bond acceptors (Lipinski definition) is 6. The molecule has 6 heteroatoms. The van der Waals surface area contributed by atoms with Gasteiger partial charge in [0.15, 0.2) is 17.5 Å². The van der Waals surface area contributed by atoms with Crippen LogP contribution in [-0.2, 0) is 0 Å². The van der Waals surface area contributed by atoms with Gasteiger partial charge in [0.1, 0.15) is 16.7 Å². The first kappa shape index (κ1) is 28.6. The largest absolute Gasteiger partial charge is 0.456 e. The highest BCUT2D eigenvalue weighted by Gasteiger charge is 2.20. The minimum absolute atomic E-state index is 0.587. The van der Waals surface area contributed by atoms with Gasteiger partial charge in [0.2, 0.25) is 5.71 Å². The van der Waals surface area contributed by atoms with Crippen LogP contribution in [0.1, 0.15) is 0 Å². The van der Waals surface area contributed by atoms with Crippen molar-refractivity contribution in [2.45, 2.75) is 0 Å². The number of hydrogen-bond donors (Lipinski definition) is 0. The Hall–Kier alpha value is -7.18. The molecular formula is C46H26N4O2. The molecule has 0 saturated heterocycles. The van der Waals surface area contributed by atoms with Crippen LogP contribution in [0.25, 0.3) is 111 Å². The molecule has 0 fully saturated rings. The van der Waals surface area contributed by atoms with E-state index in [1.165, 1.54) is 0 Å². The molecule has 0 aliphatic carbocycles. The van der Waals surface area contributed by atoms with Crippen LogP contribution < -0.4 is 0 Å². The van der Waals surface area contributed by atoms with E-state index >= 15 is 0 Å². The molecule has 0 spiro atoms. The maximum atomic E-state index is 6.45. The van der Waals surface area contributed by atoms with Crippen molar-refractivity contribution in [3.63, 3.8) is 0 Å². The van der Waals surface area contributed by atoms with Crippen LogP contribution in [0.4, 0.5) is 0 Å². The first-order valence-corrected chi connectivity index (χ1v) is 17.2. The molecule has 11 aromatic rings. The van der Waals surface area contributed by atoms with Crippen LogP contribution in [0.2, 0.25) is 0 Å². The van der Waals surface area contributed by atoms with Gasteiger partial charge >= 0.3 is 0 Å². The van der Waals surface area contributed by atoms with E-state index in [2.05, 4.69) is 89.9 Å². The van der Waals surface area contributed by atoms with Gasteiger partial charge < -0.3 is 8.83 Å². The SMILES string of the molecule is c1ccc(-c2nc(-c3cccc4c(-c5cccc6ccc7c8cccnc8oc7c56)cccc34)nc(-c3cccc4oc5ccccc5c34)n2)cc1. The van der Waals surface area contributed by atoms with Gasteiger partial charge in [-0.3, -0.25) is 0 Å². The number of fused-ring (bicyclic) bond motifs is 9. The molecule has 0 amide bonds. The highest BCUT2D eigenvalue weighted by molar-refractivity contribution is 6.20. The normalized spacial score (nSPS) is 11.8. The van der Waals surface area contributed by atoms with Crippen LogP contribution in [0, 0.1) is 0 Å². The summed E-state index contributed by atoms with van der Waals surface area (Å²) in [4.78, 5) is 19.9. The summed E-state index contributed by atoms with van der Waals surface area (Å²) in [5, 5.41) is 8.36. The van der Waals surface area contributed by atoms with Gasteiger partial charge in [-0.1, -0.05) is 121 Å². The van der Waals surface area contributed by atoms with E-state index < -0.39 is 0 Å². The highest BCUT2D eigenvalue weighted by atomic mass is 16.3.